The van der Waals surface area contributed by atoms with Crippen LogP contribution < -0.4 is 0 Å². The number of carbonyl (C=O) groups is 1. The molecule has 0 radical (unpaired) electrons. The van der Waals surface area contributed by atoms with E-state index in [1.165, 1.54) is 0 Å². The third-order valence-electron chi connectivity index (χ3n) is 3.11. The summed E-state index contributed by atoms with van der Waals surface area (Å²) in [5.41, 5.74) is -0.736. The van der Waals surface area contributed by atoms with Gasteiger partial charge in [-0.15, -0.1) is 0 Å². The van der Waals surface area contributed by atoms with Gasteiger partial charge < -0.3 is 4.74 Å². The van der Waals surface area contributed by atoms with Crippen LogP contribution in [-0.2, 0) is 9.53 Å². The van der Waals surface area contributed by atoms with Crippen molar-refractivity contribution in [2.24, 2.45) is 16.2 Å². The fourth-order valence-corrected chi connectivity index (χ4v) is 2.75. The third kappa shape index (κ3) is 7.10. The highest BCUT2D eigenvalue weighted by Gasteiger charge is 2.40. The third-order valence-corrected chi connectivity index (χ3v) is 3.11. The lowest BCUT2D eigenvalue weighted by atomic mass is 9.67. The van der Waals surface area contributed by atoms with Crippen molar-refractivity contribution in [1.82, 2.24) is 0 Å². The van der Waals surface area contributed by atoms with Gasteiger partial charge >= 0.3 is 0 Å². The van der Waals surface area contributed by atoms with E-state index in [1.54, 1.807) is 0 Å². The maximum absolute atomic E-state index is 12.5. The Labute approximate surface area is 120 Å². The molecule has 2 heteroatoms. The van der Waals surface area contributed by atoms with Gasteiger partial charge in [-0.25, -0.2) is 0 Å². The highest BCUT2D eigenvalue weighted by molar-refractivity contribution is 5.88. The lowest BCUT2D eigenvalue weighted by Crippen LogP contribution is -2.40. The molecule has 19 heavy (non-hydrogen) atoms. The van der Waals surface area contributed by atoms with E-state index in [0.717, 1.165) is 6.42 Å². The van der Waals surface area contributed by atoms with Gasteiger partial charge in [-0.3, -0.25) is 4.79 Å². The first kappa shape index (κ1) is 18.6. The van der Waals surface area contributed by atoms with Gasteiger partial charge in [0.15, 0.2) is 0 Å². The summed E-state index contributed by atoms with van der Waals surface area (Å²) in [6.45, 7) is 21.3. The molecule has 0 aromatic heterocycles. The van der Waals surface area contributed by atoms with Gasteiger partial charge in [0.25, 0.3) is 0 Å². The van der Waals surface area contributed by atoms with Gasteiger partial charge in [0.05, 0.1) is 12.2 Å². The van der Waals surface area contributed by atoms with Crippen molar-refractivity contribution in [2.45, 2.75) is 81.3 Å². The summed E-state index contributed by atoms with van der Waals surface area (Å²) in [6, 6.07) is 0. The first-order valence-corrected chi connectivity index (χ1v) is 7.26. The summed E-state index contributed by atoms with van der Waals surface area (Å²) in [7, 11) is 0. The van der Waals surface area contributed by atoms with E-state index >= 15 is 0 Å². The summed E-state index contributed by atoms with van der Waals surface area (Å²) in [4.78, 5) is 12.5. The fourth-order valence-electron chi connectivity index (χ4n) is 2.75. The molecule has 0 saturated carbocycles. The van der Waals surface area contributed by atoms with Crippen molar-refractivity contribution in [3.8, 4) is 0 Å². The van der Waals surface area contributed by atoms with Crippen molar-refractivity contribution in [3.05, 3.63) is 0 Å². The quantitative estimate of drug-likeness (QED) is 0.713. The fraction of sp³-hybridized carbons (Fsp3) is 0.941. The van der Waals surface area contributed by atoms with E-state index in [0.29, 0.717) is 12.4 Å². The van der Waals surface area contributed by atoms with Crippen LogP contribution in [0.3, 0.4) is 0 Å². The highest BCUT2D eigenvalue weighted by Crippen LogP contribution is 2.39. The Morgan fingerprint density at radius 3 is 1.58 bits per heavy atom. The Kier molecular flexibility index (Phi) is 5.45. The van der Waals surface area contributed by atoms with E-state index in [-0.39, 0.29) is 21.8 Å². The lowest BCUT2D eigenvalue weighted by Gasteiger charge is -2.38. The number of ether oxygens (including phenoxy) is 1. The van der Waals surface area contributed by atoms with Crippen molar-refractivity contribution < 1.29 is 9.53 Å². The molecule has 0 aliphatic carbocycles. The first-order valence-electron chi connectivity index (χ1n) is 7.26. The van der Waals surface area contributed by atoms with Gasteiger partial charge in [0, 0.05) is 10.8 Å². The number of ketones is 1. The maximum Gasteiger partial charge on any atom is 0.143 e. The van der Waals surface area contributed by atoms with Crippen LogP contribution in [0.4, 0.5) is 0 Å². The molecule has 0 amide bonds. The zero-order valence-corrected chi connectivity index (χ0v) is 14.7. The van der Waals surface area contributed by atoms with Gasteiger partial charge in [0.2, 0.25) is 0 Å². The van der Waals surface area contributed by atoms with Crippen molar-refractivity contribution in [3.63, 3.8) is 0 Å². The Morgan fingerprint density at radius 2 is 1.26 bits per heavy atom. The van der Waals surface area contributed by atoms with Crippen molar-refractivity contribution in [1.29, 1.82) is 0 Å². The summed E-state index contributed by atoms with van der Waals surface area (Å²) in [5, 5.41) is 0. The van der Waals surface area contributed by atoms with E-state index in [9.17, 15) is 4.79 Å². The number of Topliss-reactive ketones (excluding diaryl/α,β-unsaturated/α-hetero) is 1. The zero-order valence-electron chi connectivity index (χ0n) is 14.7. The molecule has 0 spiro atoms. The second-order valence-electron chi connectivity index (χ2n) is 9.21. The predicted octanol–water partition coefficient (Wildman–Crippen LogP) is 4.86. The van der Waals surface area contributed by atoms with Gasteiger partial charge in [-0.05, 0) is 32.6 Å². The Bertz CT molecular complexity index is 311. The van der Waals surface area contributed by atoms with Crippen LogP contribution in [0.5, 0.6) is 0 Å². The van der Waals surface area contributed by atoms with Gasteiger partial charge in [0.1, 0.15) is 5.78 Å². The van der Waals surface area contributed by atoms with Crippen molar-refractivity contribution >= 4 is 5.78 Å². The molecule has 0 aromatic carbocycles. The Morgan fingerprint density at radius 1 is 0.842 bits per heavy atom. The van der Waals surface area contributed by atoms with E-state index in [2.05, 4.69) is 48.5 Å². The monoisotopic (exact) mass is 270 g/mol. The summed E-state index contributed by atoms with van der Waals surface area (Å²) >= 11 is 0. The minimum Gasteiger partial charge on any atom is -0.375 e. The average Bonchev–Trinajstić information content (AvgIpc) is 2.09. The van der Waals surface area contributed by atoms with Crippen LogP contribution in [0.25, 0.3) is 0 Å². The topological polar surface area (TPSA) is 26.3 Å². The zero-order chi connectivity index (χ0) is 15.7. The molecule has 2 nitrogen and oxygen atoms in total. The van der Waals surface area contributed by atoms with E-state index < -0.39 is 0 Å². The molecule has 0 bridgehead atoms. The molecule has 0 N–H and O–H groups in total. The first-order chi connectivity index (χ1) is 8.07. The second kappa shape index (κ2) is 5.55. The Hall–Kier alpha value is -0.370. The van der Waals surface area contributed by atoms with Crippen LogP contribution in [-0.4, -0.2) is 18.0 Å². The molecule has 0 heterocycles. The number of hydrogen-bond acceptors (Lipinski definition) is 2. The molecule has 0 unspecified atom stereocenters. The number of rotatable bonds is 5. The number of hydrogen-bond donors (Lipinski definition) is 0. The van der Waals surface area contributed by atoms with Crippen LogP contribution in [0.2, 0.25) is 0 Å². The summed E-state index contributed by atoms with van der Waals surface area (Å²) in [6.07, 6.45) is 0.839. The van der Waals surface area contributed by atoms with E-state index in [1.807, 2.05) is 20.8 Å². The second-order valence-corrected chi connectivity index (χ2v) is 9.21. The van der Waals surface area contributed by atoms with Gasteiger partial charge in [-0.2, -0.15) is 0 Å². The molecule has 114 valence electrons. The molecule has 0 atom stereocenters. The molecule has 0 aliphatic heterocycles. The normalized spacial score (nSPS) is 14.6. The molecule has 0 aliphatic rings. The molecular weight excluding hydrogens is 236 g/mol. The molecule has 0 fully saturated rings. The Balaban J connectivity index is 4.77. The maximum atomic E-state index is 12.5. The molecular formula is C17H34O2. The van der Waals surface area contributed by atoms with Crippen LogP contribution in [0.15, 0.2) is 0 Å². The smallest absolute Gasteiger partial charge is 0.143 e. The largest absolute Gasteiger partial charge is 0.375 e. The average molecular weight is 270 g/mol. The summed E-state index contributed by atoms with van der Waals surface area (Å²) in [5.74, 6) is 0.323. The highest BCUT2D eigenvalue weighted by atomic mass is 16.5. The van der Waals surface area contributed by atoms with Crippen LogP contribution in [0, 0.1) is 16.2 Å². The van der Waals surface area contributed by atoms with Crippen LogP contribution in [0.1, 0.15) is 75.7 Å². The number of carbonyl (C=O) groups excluding carboxylic acids is 1. The van der Waals surface area contributed by atoms with Crippen molar-refractivity contribution in [2.75, 3.05) is 6.61 Å². The minimum absolute atomic E-state index is 0.00229. The van der Waals surface area contributed by atoms with E-state index in [4.69, 9.17) is 4.74 Å². The lowest BCUT2D eigenvalue weighted by molar-refractivity contribution is -0.137. The van der Waals surface area contributed by atoms with Gasteiger partial charge in [-0.1, -0.05) is 48.5 Å². The SMILES string of the molecule is CC(C)(COC(C)(C)C)CC(C)(C)C(=O)C(C)(C)C. The van der Waals surface area contributed by atoms with Crippen LogP contribution >= 0.6 is 0 Å². The molecule has 0 aromatic rings. The predicted molar refractivity (Wildman–Crippen MR) is 82.3 cm³/mol. The summed E-state index contributed by atoms with van der Waals surface area (Å²) < 4.78 is 5.89. The minimum atomic E-state index is -0.316. The molecule has 0 saturated heterocycles. The standard InChI is InChI=1S/C17H34O2/c1-14(2,3)13(18)17(9,10)11-16(7,8)12-19-15(4,5)6/h11-12H2,1-10H3. The molecule has 0 rings (SSSR count).